The summed E-state index contributed by atoms with van der Waals surface area (Å²) in [5.41, 5.74) is 2.85. The molecule has 0 bridgehead atoms. The van der Waals surface area contributed by atoms with Crippen LogP contribution in [0.1, 0.15) is 18.2 Å². The highest BCUT2D eigenvalue weighted by Crippen LogP contribution is 2.39. The number of hydrogen-bond donors (Lipinski definition) is 0. The Bertz CT molecular complexity index is 1060. The van der Waals surface area contributed by atoms with Gasteiger partial charge in [-0.05, 0) is 24.3 Å². The van der Waals surface area contributed by atoms with Gasteiger partial charge in [0.1, 0.15) is 5.82 Å². The molecule has 1 saturated heterocycles. The van der Waals surface area contributed by atoms with Gasteiger partial charge in [0.25, 0.3) is 0 Å². The third kappa shape index (κ3) is 2.56. The van der Waals surface area contributed by atoms with E-state index in [2.05, 4.69) is 17.2 Å². The summed E-state index contributed by atoms with van der Waals surface area (Å²) in [5.74, 6) is 2.47. The van der Waals surface area contributed by atoms with Crippen molar-refractivity contribution in [3.05, 3.63) is 60.9 Å². The van der Waals surface area contributed by atoms with Gasteiger partial charge in [-0.1, -0.05) is 18.2 Å². The maximum absolute atomic E-state index is 12.7. The molecule has 3 heterocycles. The molecule has 0 aliphatic carbocycles. The summed E-state index contributed by atoms with van der Waals surface area (Å²) in [6.07, 6.45) is 2.30. The monoisotopic (exact) mass is 361 g/mol. The van der Waals surface area contributed by atoms with Crippen LogP contribution in [0.4, 0.5) is 5.69 Å². The van der Waals surface area contributed by atoms with E-state index in [0.29, 0.717) is 25.3 Å². The lowest BCUT2D eigenvalue weighted by molar-refractivity contribution is -0.117. The fourth-order valence-electron chi connectivity index (χ4n) is 3.91. The SMILES string of the molecule is C=CCn1c(C2CC(=O)N(c3ccc4c(c3)OCO4)C2)nc2ccccc21. The largest absolute Gasteiger partial charge is 0.454 e. The first kappa shape index (κ1) is 15.9. The van der Waals surface area contributed by atoms with E-state index < -0.39 is 0 Å². The van der Waals surface area contributed by atoms with E-state index in [-0.39, 0.29) is 18.6 Å². The van der Waals surface area contributed by atoms with Crippen LogP contribution in [-0.4, -0.2) is 28.8 Å². The summed E-state index contributed by atoms with van der Waals surface area (Å²) < 4.78 is 13.0. The highest BCUT2D eigenvalue weighted by Gasteiger charge is 2.35. The van der Waals surface area contributed by atoms with E-state index in [9.17, 15) is 4.79 Å². The molecule has 6 heteroatoms. The standard InChI is InChI=1S/C21H19N3O3/c1-2-9-23-17-6-4-3-5-16(17)22-21(23)14-10-20(25)24(12-14)15-7-8-18-19(11-15)27-13-26-18/h2-8,11,14H,1,9-10,12-13H2. The first-order valence-electron chi connectivity index (χ1n) is 9.00. The van der Waals surface area contributed by atoms with Gasteiger partial charge in [-0.15, -0.1) is 6.58 Å². The number of carbonyl (C=O) groups is 1. The van der Waals surface area contributed by atoms with Gasteiger partial charge in [-0.2, -0.15) is 0 Å². The minimum atomic E-state index is 0.0373. The zero-order chi connectivity index (χ0) is 18.4. The number of imidazole rings is 1. The molecule has 2 aromatic carbocycles. The molecule has 6 nitrogen and oxygen atoms in total. The van der Waals surface area contributed by atoms with Gasteiger partial charge >= 0.3 is 0 Å². The molecular formula is C21H19N3O3. The van der Waals surface area contributed by atoms with E-state index in [1.54, 1.807) is 0 Å². The van der Waals surface area contributed by atoms with Crippen LogP contribution < -0.4 is 14.4 Å². The molecule has 0 spiro atoms. The maximum Gasteiger partial charge on any atom is 0.231 e. The molecule has 136 valence electrons. The van der Waals surface area contributed by atoms with E-state index in [4.69, 9.17) is 14.5 Å². The maximum atomic E-state index is 12.7. The van der Waals surface area contributed by atoms with Gasteiger partial charge in [0.2, 0.25) is 12.7 Å². The van der Waals surface area contributed by atoms with Gasteiger partial charge in [0.15, 0.2) is 11.5 Å². The molecule has 1 unspecified atom stereocenters. The van der Waals surface area contributed by atoms with Gasteiger partial charge < -0.3 is 18.9 Å². The number of carbonyl (C=O) groups excluding carboxylic acids is 1. The molecule has 3 aromatic rings. The summed E-state index contributed by atoms with van der Waals surface area (Å²) in [5, 5.41) is 0. The zero-order valence-electron chi connectivity index (χ0n) is 14.8. The molecular weight excluding hydrogens is 342 g/mol. The lowest BCUT2D eigenvalue weighted by Crippen LogP contribution is -2.24. The Morgan fingerprint density at radius 3 is 2.93 bits per heavy atom. The number of rotatable bonds is 4. The second-order valence-electron chi connectivity index (χ2n) is 6.80. The number of fused-ring (bicyclic) bond motifs is 2. The van der Waals surface area contributed by atoms with Crippen LogP contribution in [0.5, 0.6) is 11.5 Å². The Morgan fingerprint density at radius 2 is 2.04 bits per heavy atom. The fourth-order valence-corrected chi connectivity index (χ4v) is 3.91. The predicted octanol–water partition coefficient (Wildman–Crippen LogP) is 3.47. The van der Waals surface area contributed by atoms with Gasteiger partial charge in [-0.25, -0.2) is 4.98 Å². The number of para-hydroxylation sites is 2. The van der Waals surface area contributed by atoms with E-state index >= 15 is 0 Å². The molecule has 0 saturated carbocycles. The van der Waals surface area contributed by atoms with Gasteiger partial charge in [0, 0.05) is 37.2 Å². The lowest BCUT2D eigenvalue weighted by Gasteiger charge is -2.17. The van der Waals surface area contributed by atoms with E-state index in [1.807, 2.05) is 47.4 Å². The molecule has 5 rings (SSSR count). The Hall–Kier alpha value is -3.28. The number of anilines is 1. The van der Waals surface area contributed by atoms with E-state index in [1.165, 1.54) is 0 Å². The highest BCUT2D eigenvalue weighted by molar-refractivity contribution is 5.97. The van der Waals surface area contributed by atoms with E-state index in [0.717, 1.165) is 28.3 Å². The molecule has 1 amide bonds. The second kappa shape index (κ2) is 6.16. The third-order valence-electron chi connectivity index (χ3n) is 5.15. The first-order chi connectivity index (χ1) is 13.2. The third-order valence-corrected chi connectivity index (χ3v) is 5.15. The van der Waals surface area contributed by atoms with Gasteiger partial charge in [-0.3, -0.25) is 4.79 Å². The van der Waals surface area contributed by atoms with Crippen LogP contribution in [0.2, 0.25) is 0 Å². The summed E-state index contributed by atoms with van der Waals surface area (Å²) in [4.78, 5) is 19.4. The topological polar surface area (TPSA) is 56.6 Å². The van der Waals surface area contributed by atoms with Crippen molar-refractivity contribution >= 4 is 22.6 Å². The normalized spacial score (nSPS) is 18.4. The van der Waals surface area contributed by atoms with Crippen molar-refractivity contribution in [1.29, 1.82) is 0 Å². The summed E-state index contributed by atoms with van der Waals surface area (Å²) in [7, 11) is 0. The molecule has 1 atom stereocenters. The lowest BCUT2D eigenvalue weighted by atomic mass is 10.1. The highest BCUT2D eigenvalue weighted by atomic mass is 16.7. The second-order valence-corrected chi connectivity index (χ2v) is 6.80. The number of ether oxygens (including phenoxy) is 2. The number of nitrogens with zero attached hydrogens (tertiary/aromatic N) is 3. The predicted molar refractivity (Wildman–Crippen MR) is 102 cm³/mol. The van der Waals surface area contributed by atoms with Crippen molar-refractivity contribution in [2.24, 2.45) is 0 Å². The van der Waals surface area contributed by atoms with Crippen LogP contribution in [-0.2, 0) is 11.3 Å². The average molecular weight is 361 g/mol. The van der Waals surface area contributed by atoms with Crippen molar-refractivity contribution < 1.29 is 14.3 Å². The molecule has 2 aliphatic rings. The number of aromatic nitrogens is 2. The minimum absolute atomic E-state index is 0.0373. The Balaban J connectivity index is 1.49. The molecule has 2 aliphatic heterocycles. The van der Waals surface area contributed by atoms with Crippen molar-refractivity contribution in [3.63, 3.8) is 0 Å². The summed E-state index contributed by atoms with van der Waals surface area (Å²) in [6.45, 7) is 5.36. The Labute approximate surface area is 156 Å². The first-order valence-corrected chi connectivity index (χ1v) is 9.00. The fraction of sp³-hybridized carbons (Fsp3) is 0.238. The molecule has 1 aromatic heterocycles. The van der Waals surface area contributed by atoms with Crippen LogP contribution >= 0.6 is 0 Å². The zero-order valence-corrected chi connectivity index (χ0v) is 14.8. The number of allylic oxidation sites excluding steroid dienone is 1. The van der Waals surface area contributed by atoms with Gasteiger partial charge in [0.05, 0.1) is 11.0 Å². The van der Waals surface area contributed by atoms with Crippen LogP contribution in [0.3, 0.4) is 0 Å². The minimum Gasteiger partial charge on any atom is -0.454 e. The molecule has 27 heavy (non-hydrogen) atoms. The molecule has 0 N–H and O–H groups in total. The van der Waals surface area contributed by atoms with Crippen LogP contribution in [0.15, 0.2) is 55.1 Å². The smallest absolute Gasteiger partial charge is 0.231 e. The molecule has 0 radical (unpaired) electrons. The van der Waals surface area contributed by atoms with Crippen molar-refractivity contribution in [2.45, 2.75) is 18.9 Å². The number of benzene rings is 2. The average Bonchev–Trinajstić information content (AvgIpc) is 3.38. The van der Waals surface area contributed by atoms with Crippen LogP contribution in [0.25, 0.3) is 11.0 Å². The summed E-state index contributed by atoms with van der Waals surface area (Å²) in [6, 6.07) is 13.7. The number of amides is 1. The molecule has 1 fully saturated rings. The summed E-state index contributed by atoms with van der Waals surface area (Å²) >= 11 is 0. The Morgan fingerprint density at radius 1 is 1.19 bits per heavy atom. The van der Waals surface area contributed by atoms with Crippen LogP contribution in [0, 0.1) is 0 Å². The van der Waals surface area contributed by atoms with Crippen molar-refractivity contribution in [2.75, 3.05) is 18.2 Å². The Kier molecular flexibility index (Phi) is 3.63. The van der Waals surface area contributed by atoms with Crippen molar-refractivity contribution in [1.82, 2.24) is 9.55 Å². The van der Waals surface area contributed by atoms with Crippen molar-refractivity contribution in [3.8, 4) is 11.5 Å². The number of hydrogen-bond acceptors (Lipinski definition) is 4. The quantitative estimate of drug-likeness (QED) is 0.668.